The van der Waals surface area contributed by atoms with E-state index in [1.165, 1.54) is 0 Å². The second kappa shape index (κ2) is 4.58. The van der Waals surface area contributed by atoms with Crippen molar-refractivity contribution in [2.45, 2.75) is 32.3 Å². The number of hydrogen-bond donors (Lipinski definition) is 2. The fourth-order valence-electron chi connectivity index (χ4n) is 2.15. The summed E-state index contributed by atoms with van der Waals surface area (Å²) < 4.78 is 24.2. The zero-order chi connectivity index (χ0) is 10.8. The van der Waals surface area contributed by atoms with Crippen LogP contribution in [0.4, 0.5) is 8.63 Å². The number of aliphatic hydroxyl groups is 1. The van der Waals surface area contributed by atoms with Gasteiger partial charge in [-0.3, -0.25) is 8.63 Å². The van der Waals surface area contributed by atoms with E-state index in [0.29, 0.717) is 0 Å². The zero-order valence-electron chi connectivity index (χ0n) is 8.89. The van der Waals surface area contributed by atoms with Gasteiger partial charge in [0.1, 0.15) is 6.44 Å². The Morgan fingerprint density at radius 3 is 2.21 bits per heavy atom. The molecule has 0 unspecified atom stereocenters. The summed E-state index contributed by atoms with van der Waals surface area (Å²) in [7, 11) is -2.20. The van der Waals surface area contributed by atoms with E-state index < -0.39 is 12.9 Å². The molecule has 0 aliphatic carbocycles. The molecule has 5 heteroatoms. The lowest BCUT2D eigenvalue weighted by atomic mass is 9.82. The van der Waals surface area contributed by atoms with Crippen molar-refractivity contribution in [1.82, 2.24) is 0 Å². The number of hydrogen-bond acceptors (Lipinski definition) is 1. The highest BCUT2D eigenvalue weighted by atomic mass is 19.2. The number of nitrogens with one attached hydrogen (secondary N) is 1. The van der Waals surface area contributed by atoms with Crippen molar-refractivity contribution in [2.75, 3.05) is 19.5 Å². The number of likely N-dealkylation sites (tertiary alicyclic amines) is 1. The Hall–Kier alpha value is -0.155. The number of halogens is 2. The molecule has 0 aromatic carbocycles. The molecule has 82 valence electrons. The molecule has 1 aliphatic heterocycles. The van der Waals surface area contributed by atoms with Crippen LogP contribution in [0, 0.1) is 5.92 Å². The summed E-state index contributed by atoms with van der Waals surface area (Å²) in [6.07, 6.45) is 1.66. The quantitative estimate of drug-likeness (QED) is 0.625. The van der Waals surface area contributed by atoms with Gasteiger partial charge < -0.3 is 10.0 Å². The van der Waals surface area contributed by atoms with E-state index in [0.717, 1.165) is 30.8 Å². The van der Waals surface area contributed by atoms with Crippen LogP contribution >= 0.6 is 0 Å². The van der Waals surface area contributed by atoms with Gasteiger partial charge in [-0.2, -0.15) is 0 Å². The van der Waals surface area contributed by atoms with E-state index >= 15 is 0 Å². The number of quaternary nitrogens is 1. The Balaban J connectivity index is 2.31. The van der Waals surface area contributed by atoms with Crippen LogP contribution in [0.2, 0.25) is 0 Å². The summed E-state index contributed by atoms with van der Waals surface area (Å²) in [5.41, 5.74) is -0.656. The van der Waals surface area contributed by atoms with Gasteiger partial charge >= 0.3 is 7.27 Å². The third kappa shape index (κ3) is 3.54. The first-order valence-corrected chi connectivity index (χ1v) is 5.23. The molecule has 0 bridgehead atoms. The monoisotopic (exact) mass is 206 g/mol. The highest BCUT2D eigenvalue weighted by Crippen LogP contribution is 2.23. The van der Waals surface area contributed by atoms with Gasteiger partial charge in [0.2, 0.25) is 0 Å². The Bertz CT molecular complexity index is 176. The molecule has 1 aliphatic rings. The normalized spacial score (nSPS) is 28.9. The number of rotatable bonds is 3. The van der Waals surface area contributed by atoms with Crippen molar-refractivity contribution in [3.8, 4) is 0 Å². The highest BCUT2D eigenvalue weighted by molar-refractivity contribution is 6.42. The Morgan fingerprint density at radius 2 is 1.86 bits per heavy atom. The largest absolute Gasteiger partial charge is 0.592 e. The first-order valence-electron chi connectivity index (χ1n) is 5.23. The maximum absolute atomic E-state index is 12.1. The average Bonchev–Trinajstić information content (AvgIpc) is 2.02. The van der Waals surface area contributed by atoms with Crippen molar-refractivity contribution in [2.24, 2.45) is 5.92 Å². The van der Waals surface area contributed by atoms with E-state index in [1.54, 1.807) is 13.8 Å². The minimum Gasteiger partial charge on any atom is -0.390 e. The van der Waals surface area contributed by atoms with Crippen molar-refractivity contribution < 1.29 is 18.6 Å². The van der Waals surface area contributed by atoms with Crippen LogP contribution in [0.25, 0.3) is 0 Å². The van der Waals surface area contributed by atoms with Crippen LogP contribution in [0.3, 0.4) is 0 Å². The molecule has 1 fully saturated rings. The van der Waals surface area contributed by atoms with E-state index in [1.807, 2.05) is 0 Å². The minimum absolute atomic E-state index is 0.0431. The highest BCUT2D eigenvalue weighted by Gasteiger charge is 2.34. The van der Waals surface area contributed by atoms with Gasteiger partial charge in [-0.1, -0.05) is 0 Å². The van der Waals surface area contributed by atoms with Crippen LogP contribution in [0.15, 0.2) is 0 Å². The molecule has 0 atom stereocenters. The smallest absolute Gasteiger partial charge is 0.390 e. The maximum Gasteiger partial charge on any atom is 0.592 e. The molecule has 0 aromatic heterocycles. The van der Waals surface area contributed by atoms with Crippen molar-refractivity contribution in [3.05, 3.63) is 0 Å². The summed E-state index contributed by atoms with van der Waals surface area (Å²) in [6.45, 7) is 5.13. The second-order valence-corrected chi connectivity index (χ2v) is 4.77. The fraction of sp³-hybridized carbons (Fsp3) is 1.00. The van der Waals surface area contributed by atoms with Crippen LogP contribution in [-0.4, -0.2) is 37.5 Å². The average molecular weight is 206 g/mol. The lowest BCUT2D eigenvalue weighted by Crippen LogP contribution is -3.14. The molecule has 2 N–H and O–H groups in total. The van der Waals surface area contributed by atoms with Crippen LogP contribution in [0.5, 0.6) is 0 Å². The van der Waals surface area contributed by atoms with E-state index in [2.05, 4.69) is 0 Å². The predicted octanol–water partition coefficient (Wildman–Crippen LogP) is 0.0186. The predicted molar refractivity (Wildman–Crippen MR) is 52.6 cm³/mol. The second-order valence-electron chi connectivity index (χ2n) is 4.77. The first-order chi connectivity index (χ1) is 6.39. The van der Waals surface area contributed by atoms with Crippen molar-refractivity contribution >= 4 is 7.27 Å². The standard InChI is InChI=1S/C9H18BF2NO/c1-9(2,14)8-3-5-13(6-4-8)7-10(11)12/h8,14H,3-7H2,1-2H3/p+1. The topological polar surface area (TPSA) is 24.7 Å². The number of piperidine rings is 1. The molecule has 0 amide bonds. The minimum atomic E-state index is -2.20. The van der Waals surface area contributed by atoms with Crippen LogP contribution < -0.4 is 4.90 Å². The summed E-state index contributed by atoms with van der Waals surface area (Å²) in [5.74, 6) is 0.268. The molecular weight excluding hydrogens is 187 g/mol. The first kappa shape index (κ1) is 11.9. The van der Waals surface area contributed by atoms with E-state index in [9.17, 15) is 13.7 Å². The molecule has 0 spiro atoms. The van der Waals surface area contributed by atoms with Gasteiger partial charge in [0.25, 0.3) is 0 Å². The molecule has 0 aromatic rings. The summed E-state index contributed by atoms with van der Waals surface area (Å²) in [4.78, 5) is 0.973. The van der Waals surface area contributed by atoms with Gasteiger partial charge in [0.15, 0.2) is 0 Å². The summed E-state index contributed by atoms with van der Waals surface area (Å²) in [6, 6.07) is 0. The molecule has 0 radical (unpaired) electrons. The Morgan fingerprint density at radius 1 is 1.36 bits per heavy atom. The third-order valence-electron chi connectivity index (χ3n) is 3.13. The summed E-state index contributed by atoms with van der Waals surface area (Å²) >= 11 is 0. The molecule has 1 saturated heterocycles. The van der Waals surface area contributed by atoms with E-state index in [-0.39, 0.29) is 12.4 Å². The Labute approximate surface area is 84.5 Å². The molecule has 1 rings (SSSR count). The van der Waals surface area contributed by atoms with Crippen LogP contribution in [-0.2, 0) is 0 Å². The zero-order valence-corrected chi connectivity index (χ0v) is 8.89. The van der Waals surface area contributed by atoms with Gasteiger partial charge in [0, 0.05) is 12.8 Å². The Kier molecular flexibility index (Phi) is 3.90. The van der Waals surface area contributed by atoms with Gasteiger partial charge in [-0.05, 0) is 19.8 Å². The van der Waals surface area contributed by atoms with Crippen molar-refractivity contribution in [1.29, 1.82) is 0 Å². The molecule has 1 heterocycles. The molecule has 14 heavy (non-hydrogen) atoms. The van der Waals surface area contributed by atoms with E-state index in [4.69, 9.17) is 0 Å². The van der Waals surface area contributed by atoms with Crippen molar-refractivity contribution in [3.63, 3.8) is 0 Å². The van der Waals surface area contributed by atoms with Crippen LogP contribution in [0.1, 0.15) is 26.7 Å². The third-order valence-corrected chi connectivity index (χ3v) is 3.13. The lowest BCUT2D eigenvalue weighted by molar-refractivity contribution is -0.897. The lowest BCUT2D eigenvalue weighted by Gasteiger charge is -2.35. The van der Waals surface area contributed by atoms with Gasteiger partial charge in [-0.25, -0.2) is 0 Å². The molecular formula is C9H19BF2NO+. The fourth-order valence-corrected chi connectivity index (χ4v) is 2.15. The summed E-state index contributed by atoms with van der Waals surface area (Å²) in [5, 5.41) is 9.75. The SMILES string of the molecule is CC(C)(O)C1CC[NH+](CB(F)F)CC1. The molecule has 2 nitrogen and oxygen atoms in total. The van der Waals surface area contributed by atoms with Gasteiger partial charge in [0.05, 0.1) is 18.7 Å². The van der Waals surface area contributed by atoms with Gasteiger partial charge in [-0.15, -0.1) is 0 Å². The molecule has 0 saturated carbocycles. The maximum atomic E-state index is 12.1.